The zero-order chi connectivity index (χ0) is 23.5. The highest BCUT2D eigenvalue weighted by Crippen LogP contribution is 2.29. The molecular formula is C21H21Cl3N2O5S. The highest BCUT2D eigenvalue weighted by atomic mass is 35.5. The van der Waals surface area contributed by atoms with Gasteiger partial charge in [0, 0.05) is 40.3 Å². The van der Waals surface area contributed by atoms with Gasteiger partial charge in [0.05, 0.1) is 23.4 Å². The number of hydrogen-bond acceptors (Lipinski definition) is 5. The molecule has 172 valence electrons. The van der Waals surface area contributed by atoms with E-state index in [2.05, 4.69) is 10.1 Å². The Kier molecular flexibility index (Phi) is 8.06. The van der Waals surface area contributed by atoms with Crippen LogP contribution in [0.15, 0.2) is 36.4 Å². The van der Waals surface area contributed by atoms with Gasteiger partial charge in [-0.1, -0.05) is 40.9 Å². The molecule has 0 radical (unpaired) electrons. The Hall–Kier alpha value is -1.84. The molecule has 3 rings (SSSR count). The first-order valence-electron chi connectivity index (χ1n) is 9.72. The van der Waals surface area contributed by atoms with Crippen molar-refractivity contribution in [3.8, 4) is 0 Å². The standard InChI is InChI=1S/C21H21Cl3N2O5S/c1-31-21(28)15-11-14(5-6-19(15)24)25-20(27)13-7-9-26(10-8-13)32(29,30)12-16-17(22)3-2-4-18(16)23/h2-6,11,13H,7-10,12H2,1H3,(H,25,27). The Morgan fingerprint density at radius 3 is 2.28 bits per heavy atom. The third-order valence-electron chi connectivity index (χ3n) is 5.25. The van der Waals surface area contributed by atoms with Crippen molar-refractivity contribution in [3.05, 3.63) is 62.6 Å². The number of carbonyl (C=O) groups excluding carboxylic acids is 2. The number of hydrogen-bond donors (Lipinski definition) is 1. The van der Waals surface area contributed by atoms with E-state index in [4.69, 9.17) is 34.8 Å². The van der Waals surface area contributed by atoms with Gasteiger partial charge in [0.15, 0.2) is 0 Å². The van der Waals surface area contributed by atoms with Crippen LogP contribution in [0.3, 0.4) is 0 Å². The normalized spacial score (nSPS) is 15.4. The molecule has 0 bridgehead atoms. The Bertz CT molecular complexity index is 1110. The minimum atomic E-state index is -3.65. The summed E-state index contributed by atoms with van der Waals surface area (Å²) in [5.74, 6) is -1.54. The molecule has 1 saturated heterocycles. The zero-order valence-corrected chi connectivity index (χ0v) is 20.2. The number of nitrogens with zero attached hydrogens (tertiary/aromatic N) is 1. The molecule has 1 amide bonds. The first-order valence-corrected chi connectivity index (χ1v) is 12.5. The fraction of sp³-hybridized carbons (Fsp3) is 0.333. The second kappa shape index (κ2) is 10.4. The summed E-state index contributed by atoms with van der Waals surface area (Å²) in [5.41, 5.74) is 0.911. The molecule has 1 aliphatic heterocycles. The molecule has 1 N–H and O–H groups in total. The Morgan fingerprint density at radius 2 is 1.69 bits per heavy atom. The highest BCUT2D eigenvalue weighted by molar-refractivity contribution is 7.88. The second-order valence-corrected chi connectivity index (χ2v) is 10.5. The quantitative estimate of drug-likeness (QED) is 0.563. The number of halogens is 3. The van der Waals surface area contributed by atoms with Crippen LogP contribution in [0.2, 0.25) is 15.1 Å². The monoisotopic (exact) mass is 518 g/mol. The summed E-state index contributed by atoms with van der Waals surface area (Å²) in [4.78, 5) is 24.5. The van der Waals surface area contributed by atoms with Crippen LogP contribution in [0, 0.1) is 5.92 Å². The van der Waals surface area contributed by atoms with Gasteiger partial charge in [-0.25, -0.2) is 17.5 Å². The number of amides is 1. The van der Waals surface area contributed by atoms with Crippen LogP contribution in [0.25, 0.3) is 0 Å². The van der Waals surface area contributed by atoms with Gasteiger partial charge in [-0.05, 0) is 43.2 Å². The fourth-order valence-electron chi connectivity index (χ4n) is 3.45. The number of benzene rings is 2. The molecule has 0 saturated carbocycles. The average molecular weight is 520 g/mol. The van der Waals surface area contributed by atoms with Crippen molar-refractivity contribution in [2.75, 3.05) is 25.5 Å². The van der Waals surface area contributed by atoms with Gasteiger partial charge in [-0.2, -0.15) is 0 Å². The van der Waals surface area contributed by atoms with Crippen LogP contribution in [0.5, 0.6) is 0 Å². The molecule has 1 fully saturated rings. The van der Waals surface area contributed by atoms with E-state index in [9.17, 15) is 18.0 Å². The first-order chi connectivity index (χ1) is 15.1. The van der Waals surface area contributed by atoms with E-state index in [1.807, 2.05) is 0 Å². The maximum Gasteiger partial charge on any atom is 0.339 e. The predicted molar refractivity (Wildman–Crippen MR) is 125 cm³/mol. The van der Waals surface area contributed by atoms with Crippen molar-refractivity contribution < 1.29 is 22.7 Å². The number of esters is 1. The maximum atomic E-state index is 12.8. The minimum absolute atomic E-state index is 0.145. The maximum absolute atomic E-state index is 12.8. The van der Waals surface area contributed by atoms with Crippen molar-refractivity contribution in [3.63, 3.8) is 0 Å². The van der Waals surface area contributed by atoms with Crippen LogP contribution in [-0.4, -0.2) is 44.8 Å². The zero-order valence-electron chi connectivity index (χ0n) is 17.1. The molecule has 2 aromatic carbocycles. The summed E-state index contributed by atoms with van der Waals surface area (Å²) in [5, 5.41) is 3.57. The van der Waals surface area contributed by atoms with E-state index in [1.165, 1.54) is 23.5 Å². The van der Waals surface area contributed by atoms with E-state index in [1.54, 1.807) is 24.3 Å². The third-order valence-corrected chi connectivity index (χ3v) is 8.09. The molecule has 0 spiro atoms. The van der Waals surface area contributed by atoms with Gasteiger partial charge in [-0.3, -0.25) is 4.79 Å². The summed E-state index contributed by atoms with van der Waals surface area (Å²) in [6, 6.07) is 9.37. The molecule has 0 unspecified atom stereocenters. The second-order valence-electron chi connectivity index (χ2n) is 7.31. The number of methoxy groups -OCH3 is 1. The molecular weight excluding hydrogens is 499 g/mol. The summed E-state index contributed by atoms with van der Waals surface area (Å²) in [7, 11) is -2.40. The summed E-state index contributed by atoms with van der Waals surface area (Å²) in [6.45, 7) is 0.410. The van der Waals surface area contributed by atoms with Crippen LogP contribution in [0.4, 0.5) is 5.69 Å². The lowest BCUT2D eigenvalue weighted by atomic mass is 9.97. The number of ether oxygens (including phenoxy) is 1. The number of piperidine rings is 1. The van der Waals surface area contributed by atoms with Crippen molar-refractivity contribution >= 4 is 62.4 Å². The Labute approximate surface area is 201 Å². The van der Waals surface area contributed by atoms with Gasteiger partial charge in [0.25, 0.3) is 0 Å². The summed E-state index contributed by atoms with van der Waals surface area (Å²) < 4.78 is 31.7. The number of nitrogens with one attached hydrogen (secondary N) is 1. The van der Waals surface area contributed by atoms with E-state index in [-0.39, 0.29) is 41.3 Å². The van der Waals surface area contributed by atoms with Crippen molar-refractivity contribution in [2.45, 2.75) is 18.6 Å². The van der Waals surface area contributed by atoms with Crippen LogP contribution < -0.4 is 5.32 Å². The summed E-state index contributed by atoms with van der Waals surface area (Å²) >= 11 is 18.2. The van der Waals surface area contributed by atoms with E-state index in [0.717, 1.165) is 0 Å². The first kappa shape index (κ1) is 24.8. The molecule has 32 heavy (non-hydrogen) atoms. The minimum Gasteiger partial charge on any atom is -0.465 e. The van der Waals surface area contributed by atoms with Crippen LogP contribution in [-0.2, 0) is 25.3 Å². The van der Waals surface area contributed by atoms with Crippen molar-refractivity contribution in [1.82, 2.24) is 4.31 Å². The lowest BCUT2D eigenvalue weighted by Crippen LogP contribution is -2.42. The van der Waals surface area contributed by atoms with Gasteiger partial charge in [0.2, 0.25) is 15.9 Å². The predicted octanol–water partition coefficient (Wildman–Crippen LogP) is 4.61. The number of carbonyl (C=O) groups is 2. The van der Waals surface area contributed by atoms with E-state index >= 15 is 0 Å². The van der Waals surface area contributed by atoms with E-state index in [0.29, 0.717) is 34.1 Å². The Morgan fingerprint density at radius 1 is 1.06 bits per heavy atom. The Balaban J connectivity index is 1.62. The lowest BCUT2D eigenvalue weighted by molar-refractivity contribution is -0.120. The average Bonchev–Trinajstić information content (AvgIpc) is 2.77. The molecule has 11 heteroatoms. The van der Waals surface area contributed by atoms with Crippen molar-refractivity contribution in [2.24, 2.45) is 5.92 Å². The summed E-state index contributed by atoms with van der Waals surface area (Å²) in [6.07, 6.45) is 0.720. The van der Waals surface area contributed by atoms with Crippen molar-refractivity contribution in [1.29, 1.82) is 0 Å². The van der Waals surface area contributed by atoms with Crippen LogP contribution >= 0.6 is 34.8 Å². The van der Waals surface area contributed by atoms with Crippen LogP contribution in [0.1, 0.15) is 28.8 Å². The van der Waals surface area contributed by atoms with Gasteiger partial charge in [-0.15, -0.1) is 0 Å². The fourth-order valence-corrected chi connectivity index (χ4v) is 5.96. The topological polar surface area (TPSA) is 92.8 Å². The molecule has 1 aliphatic rings. The number of anilines is 1. The molecule has 0 aromatic heterocycles. The SMILES string of the molecule is COC(=O)c1cc(NC(=O)C2CCN(S(=O)(=O)Cc3c(Cl)cccc3Cl)CC2)ccc1Cl. The molecule has 1 heterocycles. The number of sulfonamides is 1. The highest BCUT2D eigenvalue weighted by Gasteiger charge is 2.32. The number of rotatable bonds is 6. The van der Waals surface area contributed by atoms with Gasteiger partial charge >= 0.3 is 5.97 Å². The molecule has 0 atom stereocenters. The largest absolute Gasteiger partial charge is 0.465 e. The molecule has 0 aliphatic carbocycles. The molecule has 7 nitrogen and oxygen atoms in total. The van der Waals surface area contributed by atoms with E-state index < -0.39 is 16.0 Å². The van der Waals surface area contributed by atoms with Gasteiger partial charge in [0.1, 0.15) is 0 Å². The smallest absolute Gasteiger partial charge is 0.339 e. The molecule has 2 aromatic rings. The third kappa shape index (κ3) is 5.74. The van der Waals surface area contributed by atoms with Gasteiger partial charge < -0.3 is 10.1 Å². The lowest BCUT2D eigenvalue weighted by Gasteiger charge is -2.30.